The quantitative estimate of drug-likeness (QED) is 0.840. The third kappa shape index (κ3) is 3.68. The van der Waals surface area contributed by atoms with Crippen molar-refractivity contribution < 1.29 is 27.2 Å². The number of carbonyl (C=O) groups is 2. The Morgan fingerprint density at radius 1 is 1.08 bits per heavy atom. The monoisotopic (exact) mass is 366 g/mol. The third-order valence-electron chi connectivity index (χ3n) is 4.11. The summed E-state index contributed by atoms with van der Waals surface area (Å²) in [5.74, 6) is -2.32. The molecule has 0 bridgehead atoms. The van der Waals surface area contributed by atoms with Crippen molar-refractivity contribution in [1.29, 1.82) is 0 Å². The van der Waals surface area contributed by atoms with Gasteiger partial charge in [0.25, 0.3) is 0 Å². The van der Waals surface area contributed by atoms with Gasteiger partial charge in [0.1, 0.15) is 5.82 Å². The molecule has 136 valence electrons. The fourth-order valence-corrected chi connectivity index (χ4v) is 2.84. The van der Waals surface area contributed by atoms with Crippen LogP contribution in [0.1, 0.15) is 12.0 Å². The molecule has 2 amide bonds. The summed E-state index contributed by atoms with van der Waals surface area (Å²) in [4.78, 5) is 25.5. The molecule has 0 aromatic heterocycles. The van der Waals surface area contributed by atoms with Crippen molar-refractivity contribution in [3.8, 4) is 0 Å². The van der Waals surface area contributed by atoms with Crippen LogP contribution in [0.15, 0.2) is 48.5 Å². The van der Waals surface area contributed by atoms with E-state index in [1.54, 1.807) is 0 Å². The van der Waals surface area contributed by atoms with Crippen LogP contribution in [0.25, 0.3) is 0 Å². The molecule has 4 nitrogen and oxygen atoms in total. The molecule has 3 rings (SSSR count). The number of halogens is 4. The standard InChI is InChI=1S/C18H14F4N2O2/c19-12-5-7-13(8-6-12)23-17(26)11-9-16(25)24(10-11)15-4-2-1-3-14(15)18(20,21)22/h1-8,11H,9-10H2,(H,23,26). The molecule has 8 heteroatoms. The molecule has 0 aliphatic carbocycles. The van der Waals surface area contributed by atoms with E-state index in [0.29, 0.717) is 5.69 Å². The summed E-state index contributed by atoms with van der Waals surface area (Å²) in [6.45, 7) is -0.154. The maximum Gasteiger partial charge on any atom is 0.418 e. The first-order chi connectivity index (χ1) is 12.3. The van der Waals surface area contributed by atoms with Gasteiger partial charge in [-0.3, -0.25) is 9.59 Å². The Bertz CT molecular complexity index is 834. The molecule has 26 heavy (non-hydrogen) atoms. The van der Waals surface area contributed by atoms with Gasteiger partial charge in [0.15, 0.2) is 0 Å². The SMILES string of the molecule is O=C(Nc1ccc(F)cc1)C1CC(=O)N(c2ccccc2C(F)(F)F)C1. The highest BCUT2D eigenvalue weighted by molar-refractivity contribution is 6.03. The lowest BCUT2D eigenvalue weighted by atomic mass is 10.1. The molecule has 1 heterocycles. The number of nitrogens with zero attached hydrogens (tertiary/aromatic N) is 1. The largest absolute Gasteiger partial charge is 0.418 e. The molecular formula is C18H14F4N2O2. The van der Waals surface area contributed by atoms with E-state index in [1.165, 1.54) is 42.5 Å². The molecule has 1 atom stereocenters. The van der Waals surface area contributed by atoms with Gasteiger partial charge in [-0.05, 0) is 36.4 Å². The number of alkyl halides is 3. The lowest BCUT2D eigenvalue weighted by Crippen LogP contribution is -2.29. The lowest BCUT2D eigenvalue weighted by Gasteiger charge is -2.21. The van der Waals surface area contributed by atoms with E-state index in [0.717, 1.165) is 11.0 Å². The minimum absolute atomic E-state index is 0.154. The van der Waals surface area contributed by atoms with E-state index in [9.17, 15) is 27.2 Å². The molecule has 2 aromatic rings. The summed E-state index contributed by atoms with van der Waals surface area (Å²) in [5, 5.41) is 2.54. The van der Waals surface area contributed by atoms with Crippen molar-refractivity contribution in [2.75, 3.05) is 16.8 Å². The van der Waals surface area contributed by atoms with E-state index < -0.39 is 35.3 Å². The summed E-state index contributed by atoms with van der Waals surface area (Å²) in [6.07, 6.45) is -4.80. The molecule has 0 radical (unpaired) electrons. The average Bonchev–Trinajstić information content (AvgIpc) is 2.98. The van der Waals surface area contributed by atoms with Crippen LogP contribution < -0.4 is 10.2 Å². The maximum atomic E-state index is 13.2. The van der Waals surface area contributed by atoms with E-state index in [4.69, 9.17) is 0 Å². The number of nitrogens with one attached hydrogen (secondary N) is 1. The summed E-state index contributed by atoms with van der Waals surface area (Å²) in [7, 11) is 0. The zero-order chi connectivity index (χ0) is 18.9. The van der Waals surface area contributed by atoms with Crippen molar-refractivity contribution in [3.05, 3.63) is 59.9 Å². The van der Waals surface area contributed by atoms with Gasteiger partial charge in [0.2, 0.25) is 11.8 Å². The Morgan fingerprint density at radius 2 is 1.73 bits per heavy atom. The molecular weight excluding hydrogens is 352 g/mol. The van der Waals surface area contributed by atoms with Crippen molar-refractivity contribution in [2.45, 2.75) is 12.6 Å². The summed E-state index contributed by atoms with van der Waals surface area (Å²) < 4.78 is 52.4. The number of amides is 2. The third-order valence-corrected chi connectivity index (χ3v) is 4.11. The Morgan fingerprint density at radius 3 is 2.38 bits per heavy atom. The van der Waals surface area contributed by atoms with Gasteiger partial charge in [0, 0.05) is 18.7 Å². The Labute approximate surface area is 146 Å². The van der Waals surface area contributed by atoms with Crippen LogP contribution in [0.4, 0.5) is 28.9 Å². The first-order valence-corrected chi connectivity index (χ1v) is 7.79. The van der Waals surface area contributed by atoms with Crippen molar-refractivity contribution >= 4 is 23.2 Å². The van der Waals surface area contributed by atoms with E-state index >= 15 is 0 Å². The number of hydrogen-bond acceptors (Lipinski definition) is 2. The van der Waals surface area contributed by atoms with Gasteiger partial charge in [0.05, 0.1) is 17.2 Å². The van der Waals surface area contributed by atoms with Crippen LogP contribution in [-0.4, -0.2) is 18.4 Å². The number of benzene rings is 2. The number of para-hydroxylation sites is 1. The van der Waals surface area contributed by atoms with E-state index in [1.807, 2.05) is 0 Å². The molecule has 1 fully saturated rings. The summed E-state index contributed by atoms with van der Waals surface area (Å²) >= 11 is 0. The molecule has 0 saturated carbocycles. The highest BCUT2D eigenvalue weighted by Gasteiger charge is 2.40. The number of anilines is 2. The summed E-state index contributed by atoms with van der Waals surface area (Å²) in [5.41, 5.74) is -0.840. The topological polar surface area (TPSA) is 49.4 Å². The first-order valence-electron chi connectivity index (χ1n) is 7.79. The van der Waals surface area contributed by atoms with Crippen LogP contribution >= 0.6 is 0 Å². The van der Waals surface area contributed by atoms with E-state index in [2.05, 4.69) is 5.32 Å². The molecule has 1 unspecified atom stereocenters. The van der Waals surface area contributed by atoms with Crippen molar-refractivity contribution in [3.63, 3.8) is 0 Å². The smallest absolute Gasteiger partial charge is 0.326 e. The number of carbonyl (C=O) groups excluding carboxylic acids is 2. The van der Waals surface area contributed by atoms with Crippen LogP contribution in [-0.2, 0) is 15.8 Å². The summed E-state index contributed by atoms with van der Waals surface area (Å²) in [6, 6.07) is 9.81. The minimum atomic E-state index is -4.61. The Hall–Kier alpha value is -2.90. The van der Waals surface area contributed by atoms with Crippen molar-refractivity contribution in [2.24, 2.45) is 5.92 Å². The van der Waals surface area contributed by atoms with Crippen LogP contribution in [0.2, 0.25) is 0 Å². The number of hydrogen-bond donors (Lipinski definition) is 1. The lowest BCUT2D eigenvalue weighted by molar-refractivity contribution is -0.137. The Balaban J connectivity index is 1.77. The fraction of sp³-hybridized carbons (Fsp3) is 0.222. The van der Waals surface area contributed by atoms with Gasteiger partial charge in [-0.25, -0.2) is 4.39 Å². The fourth-order valence-electron chi connectivity index (χ4n) is 2.84. The van der Waals surface area contributed by atoms with Gasteiger partial charge < -0.3 is 10.2 Å². The van der Waals surface area contributed by atoms with Gasteiger partial charge in [-0.15, -0.1) is 0 Å². The highest BCUT2D eigenvalue weighted by Crippen LogP contribution is 2.38. The molecule has 1 saturated heterocycles. The van der Waals surface area contributed by atoms with Crippen LogP contribution in [0.5, 0.6) is 0 Å². The number of rotatable bonds is 3. The van der Waals surface area contributed by atoms with Gasteiger partial charge >= 0.3 is 6.18 Å². The molecule has 1 aliphatic rings. The average molecular weight is 366 g/mol. The normalized spacial score (nSPS) is 17.5. The first kappa shape index (κ1) is 17.9. The zero-order valence-electron chi connectivity index (χ0n) is 13.4. The predicted molar refractivity (Wildman–Crippen MR) is 86.9 cm³/mol. The second-order valence-electron chi connectivity index (χ2n) is 5.92. The second-order valence-corrected chi connectivity index (χ2v) is 5.92. The molecule has 1 N–H and O–H groups in total. The van der Waals surface area contributed by atoms with Gasteiger partial charge in [-0.2, -0.15) is 13.2 Å². The molecule has 0 spiro atoms. The van der Waals surface area contributed by atoms with E-state index in [-0.39, 0.29) is 18.7 Å². The minimum Gasteiger partial charge on any atom is -0.326 e. The van der Waals surface area contributed by atoms with Gasteiger partial charge in [-0.1, -0.05) is 12.1 Å². The molecule has 1 aliphatic heterocycles. The second kappa shape index (κ2) is 6.78. The Kier molecular flexibility index (Phi) is 4.67. The predicted octanol–water partition coefficient (Wildman–Crippen LogP) is 3.84. The van der Waals surface area contributed by atoms with Crippen molar-refractivity contribution in [1.82, 2.24) is 0 Å². The maximum absolute atomic E-state index is 13.2. The van der Waals surface area contributed by atoms with Crippen LogP contribution in [0.3, 0.4) is 0 Å². The van der Waals surface area contributed by atoms with Crippen LogP contribution in [0, 0.1) is 11.7 Å². The highest BCUT2D eigenvalue weighted by atomic mass is 19.4. The zero-order valence-corrected chi connectivity index (χ0v) is 13.4. The molecule has 2 aromatic carbocycles.